The number of benzene rings is 1. The van der Waals surface area contributed by atoms with E-state index in [1.165, 1.54) is 7.05 Å². The molecule has 0 radical (unpaired) electrons. The van der Waals surface area contributed by atoms with Crippen molar-refractivity contribution in [2.24, 2.45) is 15.4 Å². The van der Waals surface area contributed by atoms with Crippen LogP contribution in [0.15, 0.2) is 63.5 Å². The van der Waals surface area contributed by atoms with Gasteiger partial charge in [0, 0.05) is 11.1 Å². The number of allylic oxidation sites excluding steroid dienone is 2. The highest BCUT2D eigenvalue weighted by Crippen LogP contribution is 2.42. The fraction of sp³-hybridized carbons (Fsp3) is 0.368. The fourth-order valence-electron chi connectivity index (χ4n) is 3.33. The molecule has 0 saturated carbocycles. The maximum Gasteiger partial charge on any atom is 0.305 e. The first kappa shape index (κ1) is 17.5. The lowest BCUT2D eigenvalue weighted by molar-refractivity contribution is -0.745. The van der Waals surface area contributed by atoms with E-state index in [2.05, 4.69) is 9.98 Å². The molecule has 1 aromatic rings. The smallest absolute Gasteiger partial charge is 0.305 e. The molecule has 2 aliphatic rings. The minimum Gasteiger partial charge on any atom is -0.619 e. The van der Waals surface area contributed by atoms with Crippen molar-refractivity contribution in [2.75, 3.05) is 20.3 Å². The molecular formula is C19H23N3O3. The molecule has 0 fully saturated rings. The molecule has 0 aromatic heterocycles. The number of amidine groups is 2. The second-order valence-corrected chi connectivity index (χ2v) is 6.92. The van der Waals surface area contributed by atoms with Crippen LogP contribution in [0, 0.1) is 10.6 Å². The zero-order valence-corrected chi connectivity index (χ0v) is 15.0. The van der Waals surface area contributed by atoms with Crippen LogP contribution in [0.25, 0.3) is 0 Å². The van der Waals surface area contributed by atoms with Crippen LogP contribution in [0.1, 0.15) is 26.3 Å². The standard InChI is InChI=1S/C19H23N3O3/c1-13-12-19(2,3)15-16(20-13)21-17(14-8-6-5-7-9-14)22(4,24)18(15)25-11-10-23/h5-9,12,23H,10-11H2,1-4H3. The summed E-state index contributed by atoms with van der Waals surface area (Å²) in [4.78, 5) is 9.16. The molecule has 2 heterocycles. The van der Waals surface area contributed by atoms with Crippen molar-refractivity contribution < 1.29 is 14.5 Å². The quantitative estimate of drug-likeness (QED) is 0.675. The topological polar surface area (TPSA) is 77.2 Å². The predicted octanol–water partition coefficient (Wildman–Crippen LogP) is 2.95. The van der Waals surface area contributed by atoms with Gasteiger partial charge in [-0.2, -0.15) is 4.99 Å². The van der Waals surface area contributed by atoms with Crippen LogP contribution in [0.4, 0.5) is 0 Å². The summed E-state index contributed by atoms with van der Waals surface area (Å²) in [5.74, 6) is 1.06. The van der Waals surface area contributed by atoms with Crippen molar-refractivity contribution in [3.8, 4) is 0 Å². The fourth-order valence-corrected chi connectivity index (χ4v) is 3.33. The SMILES string of the molecule is CC1=CC(C)(C)C2=C(OCCO)[N+](C)([O-])C(c3ccccc3)=NC2=N1. The van der Waals surface area contributed by atoms with Crippen molar-refractivity contribution in [2.45, 2.75) is 20.8 Å². The number of rotatable bonds is 4. The Hall–Kier alpha value is -2.28. The van der Waals surface area contributed by atoms with Crippen LogP contribution in [0.5, 0.6) is 0 Å². The number of hydrogen-bond donors (Lipinski definition) is 1. The van der Waals surface area contributed by atoms with Crippen molar-refractivity contribution in [3.63, 3.8) is 0 Å². The molecule has 1 unspecified atom stereocenters. The molecule has 0 amide bonds. The Balaban J connectivity index is 2.23. The van der Waals surface area contributed by atoms with Crippen LogP contribution in [0.3, 0.4) is 0 Å². The van der Waals surface area contributed by atoms with Gasteiger partial charge in [0.2, 0.25) is 5.84 Å². The number of fused-ring (bicyclic) bond motifs is 1. The number of quaternary nitrogens is 1. The third-order valence-corrected chi connectivity index (χ3v) is 4.30. The average molecular weight is 341 g/mol. The van der Waals surface area contributed by atoms with Crippen molar-refractivity contribution in [3.05, 3.63) is 64.3 Å². The van der Waals surface area contributed by atoms with Gasteiger partial charge in [0.1, 0.15) is 12.2 Å². The molecular weight excluding hydrogens is 318 g/mol. The maximum atomic E-state index is 13.6. The molecule has 6 nitrogen and oxygen atoms in total. The van der Waals surface area contributed by atoms with Gasteiger partial charge in [-0.05, 0) is 19.1 Å². The summed E-state index contributed by atoms with van der Waals surface area (Å²) < 4.78 is 4.86. The molecule has 2 aliphatic heterocycles. The number of aliphatic imine (C=N–C) groups is 2. The molecule has 132 valence electrons. The van der Waals surface area contributed by atoms with E-state index in [0.717, 1.165) is 11.3 Å². The summed E-state index contributed by atoms with van der Waals surface area (Å²) in [7, 11) is 1.50. The molecule has 0 saturated heterocycles. The number of ether oxygens (including phenoxy) is 1. The molecule has 0 bridgehead atoms. The highest BCUT2D eigenvalue weighted by atomic mass is 16.6. The summed E-state index contributed by atoms with van der Waals surface area (Å²) in [6.07, 6.45) is 2.00. The molecule has 0 spiro atoms. The number of nitrogens with zero attached hydrogens (tertiary/aromatic N) is 3. The number of aliphatic hydroxyl groups is 1. The Morgan fingerprint density at radius 1 is 1.20 bits per heavy atom. The largest absolute Gasteiger partial charge is 0.619 e. The molecule has 1 aromatic carbocycles. The molecule has 1 N–H and O–H groups in total. The van der Waals surface area contributed by atoms with Crippen LogP contribution in [-0.2, 0) is 4.74 Å². The summed E-state index contributed by atoms with van der Waals surface area (Å²) in [5, 5.41) is 22.8. The van der Waals surface area contributed by atoms with Crippen LogP contribution < -0.4 is 0 Å². The minimum absolute atomic E-state index is 0.0447. The Morgan fingerprint density at radius 2 is 1.88 bits per heavy atom. The zero-order chi connectivity index (χ0) is 18.2. The van der Waals surface area contributed by atoms with E-state index in [0.29, 0.717) is 17.2 Å². The Bertz CT molecular complexity index is 802. The van der Waals surface area contributed by atoms with E-state index in [1.807, 2.05) is 57.2 Å². The van der Waals surface area contributed by atoms with E-state index in [1.54, 1.807) is 0 Å². The predicted molar refractivity (Wildman–Crippen MR) is 97.6 cm³/mol. The van der Waals surface area contributed by atoms with Gasteiger partial charge in [-0.1, -0.05) is 38.1 Å². The van der Waals surface area contributed by atoms with Gasteiger partial charge in [0.25, 0.3) is 0 Å². The van der Waals surface area contributed by atoms with Gasteiger partial charge in [0.05, 0.1) is 19.2 Å². The summed E-state index contributed by atoms with van der Waals surface area (Å²) >= 11 is 0. The average Bonchev–Trinajstić information content (AvgIpc) is 2.53. The Kier molecular flexibility index (Phi) is 4.36. The van der Waals surface area contributed by atoms with Crippen molar-refractivity contribution >= 4 is 11.7 Å². The number of hydrogen-bond acceptors (Lipinski definition) is 5. The highest BCUT2D eigenvalue weighted by Gasteiger charge is 2.45. The molecule has 25 heavy (non-hydrogen) atoms. The molecule has 6 heteroatoms. The van der Waals surface area contributed by atoms with Crippen molar-refractivity contribution in [1.82, 2.24) is 0 Å². The van der Waals surface area contributed by atoms with Gasteiger partial charge in [0.15, 0.2) is 5.84 Å². The van der Waals surface area contributed by atoms with Crippen molar-refractivity contribution in [1.29, 1.82) is 0 Å². The van der Waals surface area contributed by atoms with E-state index in [4.69, 9.17) is 4.74 Å². The first-order valence-corrected chi connectivity index (χ1v) is 8.27. The normalized spacial score (nSPS) is 25.0. The molecule has 3 rings (SSSR count). The highest BCUT2D eigenvalue weighted by molar-refractivity contribution is 6.12. The Morgan fingerprint density at radius 3 is 2.52 bits per heavy atom. The lowest BCUT2D eigenvalue weighted by Gasteiger charge is -2.44. The summed E-state index contributed by atoms with van der Waals surface area (Å²) in [5.41, 5.74) is 1.80. The monoisotopic (exact) mass is 341 g/mol. The van der Waals surface area contributed by atoms with Gasteiger partial charge >= 0.3 is 5.88 Å². The summed E-state index contributed by atoms with van der Waals surface area (Å²) in [6.45, 7) is 5.80. The number of hydroxylamine groups is 3. The lowest BCUT2D eigenvalue weighted by atomic mass is 9.80. The summed E-state index contributed by atoms with van der Waals surface area (Å²) in [6, 6.07) is 9.31. The number of aliphatic hydroxyl groups excluding tert-OH is 1. The lowest BCUT2D eigenvalue weighted by Crippen LogP contribution is -2.50. The first-order chi connectivity index (χ1) is 11.8. The second-order valence-electron chi connectivity index (χ2n) is 6.92. The van der Waals surface area contributed by atoms with Gasteiger partial charge < -0.3 is 15.1 Å². The van der Waals surface area contributed by atoms with E-state index >= 15 is 0 Å². The van der Waals surface area contributed by atoms with E-state index in [-0.39, 0.29) is 19.1 Å². The van der Waals surface area contributed by atoms with Gasteiger partial charge in [-0.15, -0.1) is 0 Å². The van der Waals surface area contributed by atoms with Gasteiger partial charge in [-0.3, -0.25) is 0 Å². The Labute approximate surface area is 147 Å². The third kappa shape index (κ3) is 3.04. The molecule has 0 aliphatic carbocycles. The first-order valence-electron chi connectivity index (χ1n) is 8.27. The third-order valence-electron chi connectivity index (χ3n) is 4.30. The van der Waals surface area contributed by atoms with Crippen LogP contribution >= 0.6 is 0 Å². The zero-order valence-electron chi connectivity index (χ0n) is 15.0. The second kappa shape index (κ2) is 6.22. The van der Waals surface area contributed by atoms with Gasteiger partial charge in [-0.25, -0.2) is 9.64 Å². The minimum atomic E-state index is -0.880. The van der Waals surface area contributed by atoms with Crippen LogP contribution in [0.2, 0.25) is 0 Å². The van der Waals surface area contributed by atoms with Crippen LogP contribution in [-0.4, -0.2) is 41.7 Å². The molecule has 1 atom stereocenters. The van der Waals surface area contributed by atoms with E-state index < -0.39 is 10.1 Å². The van der Waals surface area contributed by atoms with E-state index in [9.17, 15) is 10.3 Å². The maximum absolute atomic E-state index is 13.6.